The summed E-state index contributed by atoms with van der Waals surface area (Å²) in [6, 6.07) is 17.0. The Morgan fingerprint density at radius 2 is 1.89 bits per heavy atom. The van der Waals surface area contributed by atoms with Crippen LogP contribution in [0.4, 0.5) is 8.78 Å². The number of rotatable bonds is 5. The molecule has 2 saturated heterocycles. The summed E-state index contributed by atoms with van der Waals surface area (Å²) in [5.74, 6) is -1.27. The zero-order valence-electron chi connectivity index (χ0n) is 23.9. The van der Waals surface area contributed by atoms with Gasteiger partial charge in [0.25, 0.3) is 0 Å². The molecule has 6 unspecified atom stereocenters. The van der Waals surface area contributed by atoms with Gasteiger partial charge in [0.05, 0.1) is 38.7 Å². The number of aromatic nitrogens is 7. The molecule has 6 aromatic rings. The second kappa shape index (κ2) is 11.7. The van der Waals surface area contributed by atoms with Crippen LogP contribution in [-0.2, 0) is 14.2 Å². The largest absolute Gasteiger partial charge is 0.388 e. The number of aryl methyl sites for hydroxylation is 1. The molecule has 8 rings (SSSR count). The van der Waals surface area contributed by atoms with Gasteiger partial charge in [-0.1, -0.05) is 35.5 Å². The minimum absolute atomic E-state index is 0.0110. The summed E-state index contributed by atoms with van der Waals surface area (Å²) in [5.41, 5.74) is 4.14. The van der Waals surface area contributed by atoms with Crippen molar-refractivity contribution in [3.05, 3.63) is 106 Å². The van der Waals surface area contributed by atoms with Crippen LogP contribution in [-0.4, -0.2) is 64.8 Å². The molecule has 3 aromatic heterocycles. The summed E-state index contributed by atoms with van der Waals surface area (Å²) in [7, 11) is 0. The average Bonchev–Trinajstić information content (AvgIpc) is 3.83. The zero-order chi connectivity index (χ0) is 31.5. The molecule has 234 valence electrons. The van der Waals surface area contributed by atoms with Crippen molar-refractivity contribution in [1.29, 1.82) is 0 Å². The van der Waals surface area contributed by atoms with Crippen LogP contribution in [0.2, 0.25) is 0 Å². The van der Waals surface area contributed by atoms with E-state index in [1.54, 1.807) is 17.1 Å². The summed E-state index contributed by atoms with van der Waals surface area (Å²) >= 11 is 4.51. The Hall–Kier alpha value is -3.99. The lowest BCUT2D eigenvalue weighted by Crippen LogP contribution is -2.57. The van der Waals surface area contributed by atoms with Crippen LogP contribution in [0, 0.1) is 18.6 Å². The highest BCUT2D eigenvalue weighted by molar-refractivity contribution is 9.10. The molecule has 5 heterocycles. The van der Waals surface area contributed by atoms with Gasteiger partial charge in [0.2, 0.25) is 0 Å². The normalized spacial score (nSPS) is 24.7. The fraction of sp³-hybridized carbons (Fsp3) is 0.258. The van der Waals surface area contributed by atoms with Gasteiger partial charge in [-0.15, -0.1) is 16.4 Å². The summed E-state index contributed by atoms with van der Waals surface area (Å²) in [6.07, 6.45) is -3.00. The fourth-order valence-electron chi connectivity index (χ4n) is 5.96. The highest BCUT2D eigenvalue weighted by Gasteiger charge is 2.52. The molecular formula is C31H24BrF2N7O4S. The minimum Gasteiger partial charge on any atom is -0.388 e. The first-order valence-corrected chi connectivity index (χ1v) is 16.0. The molecule has 6 atom stereocenters. The average molecular weight is 709 g/mol. The Morgan fingerprint density at radius 3 is 2.74 bits per heavy atom. The van der Waals surface area contributed by atoms with Crippen molar-refractivity contribution in [1.82, 2.24) is 34.7 Å². The predicted octanol–water partition coefficient (Wildman–Crippen LogP) is 5.64. The molecule has 0 spiro atoms. The van der Waals surface area contributed by atoms with Gasteiger partial charge in [0, 0.05) is 11.1 Å². The Bertz CT molecular complexity index is 2060. The molecule has 0 amide bonds. The third-order valence-electron chi connectivity index (χ3n) is 8.13. The number of thiazole rings is 1. The predicted molar refractivity (Wildman–Crippen MR) is 165 cm³/mol. The number of aliphatic hydroxyl groups is 1. The van der Waals surface area contributed by atoms with Crippen LogP contribution in [0.1, 0.15) is 35.6 Å². The van der Waals surface area contributed by atoms with Crippen LogP contribution in [0.25, 0.3) is 27.2 Å². The zero-order valence-corrected chi connectivity index (χ0v) is 26.3. The Kier molecular flexibility index (Phi) is 7.46. The number of hydrogen-bond donors (Lipinski definition) is 1. The third-order valence-corrected chi connectivity index (χ3v) is 9.53. The van der Waals surface area contributed by atoms with Gasteiger partial charge < -0.3 is 19.3 Å². The number of halogens is 3. The lowest BCUT2D eigenvalue weighted by Gasteiger charge is -2.47. The molecule has 2 aliphatic heterocycles. The standard InChI is InChI=1S/C31H24BrF2N7O4S/c1-15-36-30(41(38-15)17-7-10-20-23(11-17)46-14-35-20)29-27(42)26(28-22(44-29)13-43-31(45-28)16-5-3-2-4-6-16)40-12-21(37-39-40)18-8-9-19(32)25(34)24(18)33/h2-12,14,22,26-29,31,42H,13H2,1H3. The van der Waals surface area contributed by atoms with Crippen molar-refractivity contribution >= 4 is 37.5 Å². The van der Waals surface area contributed by atoms with Gasteiger partial charge in [-0.05, 0) is 53.2 Å². The molecule has 0 aliphatic carbocycles. The van der Waals surface area contributed by atoms with Crippen molar-refractivity contribution < 1.29 is 28.1 Å². The molecule has 0 saturated carbocycles. The van der Waals surface area contributed by atoms with E-state index in [0.717, 1.165) is 21.5 Å². The molecule has 1 N–H and O–H groups in total. The molecule has 3 aromatic carbocycles. The van der Waals surface area contributed by atoms with Gasteiger partial charge in [-0.2, -0.15) is 5.10 Å². The Balaban J connectivity index is 1.20. The molecule has 0 radical (unpaired) electrons. The fourth-order valence-corrected chi connectivity index (χ4v) is 6.98. The van der Waals surface area contributed by atoms with Crippen LogP contribution in [0.3, 0.4) is 0 Å². The maximum absolute atomic E-state index is 14.9. The van der Waals surface area contributed by atoms with Crippen molar-refractivity contribution in [3.63, 3.8) is 0 Å². The Labute approximate surface area is 272 Å². The molecular weight excluding hydrogens is 684 g/mol. The maximum Gasteiger partial charge on any atom is 0.184 e. The molecule has 46 heavy (non-hydrogen) atoms. The molecule has 15 heteroatoms. The minimum atomic E-state index is -1.29. The summed E-state index contributed by atoms with van der Waals surface area (Å²) in [5, 5.41) is 25.1. The highest BCUT2D eigenvalue weighted by atomic mass is 79.9. The monoisotopic (exact) mass is 707 g/mol. The molecule has 0 bridgehead atoms. The molecule has 2 aliphatic rings. The van der Waals surface area contributed by atoms with Gasteiger partial charge in [-0.25, -0.2) is 28.1 Å². The van der Waals surface area contributed by atoms with Gasteiger partial charge >= 0.3 is 0 Å². The highest BCUT2D eigenvalue weighted by Crippen LogP contribution is 2.44. The smallest absolute Gasteiger partial charge is 0.184 e. The first kappa shape index (κ1) is 29.4. The number of hydrogen-bond acceptors (Lipinski definition) is 10. The van der Waals surface area contributed by atoms with Gasteiger partial charge in [-0.3, -0.25) is 0 Å². The van der Waals surface area contributed by atoms with E-state index in [0.29, 0.717) is 11.6 Å². The van der Waals surface area contributed by atoms with E-state index in [9.17, 15) is 13.9 Å². The second-order valence-corrected chi connectivity index (χ2v) is 12.7. The van der Waals surface area contributed by atoms with Gasteiger partial charge in [0.15, 0.2) is 23.7 Å². The SMILES string of the molecule is Cc1nc(C2OC3COC(c4ccccc4)OC3C(n3cc(-c4ccc(Br)c(F)c4F)nn3)C2O)n(-c2ccc3ncsc3c2)n1. The van der Waals surface area contributed by atoms with Crippen LogP contribution < -0.4 is 0 Å². The lowest BCUT2D eigenvalue weighted by atomic mass is 9.91. The Morgan fingerprint density at radius 1 is 1.04 bits per heavy atom. The number of aliphatic hydroxyl groups excluding tert-OH is 1. The van der Waals surface area contributed by atoms with Crippen LogP contribution >= 0.6 is 27.3 Å². The number of nitrogens with zero attached hydrogens (tertiary/aromatic N) is 7. The summed E-state index contributed by atoms with van der Waals surface area (Å²) in [6.45, 7) is 1.89. The number of fused-ring (bicyclic) bond motifs is 2. The van der Waals surface area contributed by atoms with Gasteiger partial charge in [0.1, 0.15) is 42.0 Å². The van der Waals surface area contributed by atoms with E-state index in [2.05, 4.69) is 41.3 Å². The van der Waals surface area contributed by atoms with Crippen molar-refractivity contribution in [3.8, 4) is 16.9 Å². The van der Waals surface area contributed by atoms with Crippen molar-refractivity contribution in [2.75, 3.05) is 6.61 Å². The lowest BCUT2D eigenvalue weighted by molar-refractivity contribution is -0.319. The topological polar surface area (TPSA) is 122 Å². The van der Waals surface area contributed by atoms with E-state index in [1.807, 2.05) is 48.5 Å². The summed E-state index contributed by atoms with van der Waals surface area (Å²) < 4.78 is 52.4. The first-order valence-electron chi connectivity index (χ1n) is 14.3. The van der Waals surface area contributed by atoms with E-state index < -0.39 is 48.4 Å². The van der Waals surface area contributed by atoms with E-state index >= 15 is 0 Å². The second-order valence-electron chi connectivity index (χ2n) is 11.0. The quantitative estimate of drug-likeness (QED) is 0.227. The van der Waals surface area contributed by atoms with Crippen LogP contribution in [0.5, 0.6) is 0 Å². The van der Waals surface area contributed by atoms with Crippen LogP contribution in [0.15, 0.2) is 76.8 Å². The molecule has 11 nitrogen and oxygen atoms in total. The number of benzene rings is 3. The van der Waals surface area contributed by atoms with E-state index in [1.165, 1.54) is 34.3 Å². The third kappa shape index (κ3) is 5.03. The summed E-state index contributed by atoms with van der Waals surface area (Å²) in [4.78, 5) is 9.03. The first-order chi connectivity index (χ1) is 22.4. The van der Waals surface area contributed by atoms with Crippen molar-refractivity contribution in [2.45, 2.75) is 43.7 Å². The van der Waals surface area contributed by atoms with Crippen molar-refractivity contribution in [2.24, 2.45) is 0 Å². The van der Waals surface area contributed by atoms with E-state index in [-0.39, 0.29) is 22.3 Å². The van der Waals surface area contributed by atoms with E-state index in [4.69, 9.17) is 14.2 Å². The molecule has 2 fully saturated rings. The maximum atomic E-state index is 14.9. The number of ether oxygens (including phenoxy) is 3.